The number of nitrogens with one attached hydrogen (secondary N) is 3. The van der Waals surface area contributed by atoms with Crippen LogP contribution in [0.15, 0.2) is 4.99 Å². The highest BCUT2D eigenvalue weighted by Crippen LogP contribution is 2.33. The van der Waals surface area contributed by atoms with E-state index in [1.165, 1.54) is 6.42 Å². The Morgan fingerprint density at radius 3 is 2.52 bits per heavy atom. The quantitative estimate of drug-likeness (QED) is 0.443. The number of ether oxygens (including phenoxy) is 1. The van der Waals surface area contributed by atoms with E-state index in [4.69, 9.17) is 4.74 Å². The molecule has 2 saturated heterocycles. The lowest BCUT2D eigenvalue weighted by Crippen LogP contribution is -2.52. The number of hydrogen-bond donors (Lipinski definition) is 3. The van der Waals surface area contributed by atoms with Crippen molar-refractivity contribution in [2.75, 3.05) is 46.4 Å². The van der Waals surface area contributed by atoms with E-state index in [9.17, 15) is 4.79 Å². The maximum Gasteiger partial charge on any atom is 0.234 e. The van der Waals surface area contributed by atoms with Gasteiger partial charge in [-0.25, -0.2) is 0 Å². The van der Waals surface area contributed by atoms with E-state index in [-0.39, 0.29) is 17.4 Å². The first-order valence-electron chi connectivity index (χ1n) is 11.4. The summed E-state index contributed by atoms with van der Waals surface area (Å²) < 4.78 is 6.10. The molecule has 7 heteroatoms. The summed E-state index contributed by atoms with van der Waals surface area (Å²) in [5.41, 5.74) is 0.153. The fraction of sp³-hybridized carbons (Fsp3) is 0.909. The summed E-state index contributed by atoms with van der Waals surface area (Å²) in [4.78, 5) is 18.6. The van der Waals surface area contributed by atoms with Crippen LogP contribution in [0.4, 0.5) is 0 Å². The van der Waals surface area contributed by atoms with Gasteiger partial charge in [-0.05, 0) is 37.5 Å². The lowest BCUT2D eigenvalue weighted by atomic mass is 9.78. The molecular formula is C22H43N5O2. The van der Waals surface area contributed by atoms with Crippen molar-refractivity contribution in [1.82, 2.24) is 20.9 Å². The minimum absolute atomic E-state index is 0.138. The first kappa shape index (κ1) is 23.9. The number of nitrogens with zero attached hydrogens (tertiary/aromatic N) is 2. The standard InChI is InChI=1S/C22H43N5O2/c1-6-11-24-19(28)16-27-12-9-18(10-13-27)26-21(23-5)25-15-17-8-7-14-29-20(17)22(2,3)4/h17-18,20H,6-16H2,1-5H3,(H,24,28)(H2,23,25,26). The van der Waals surface area contributed by atoms with Crippen LogP contribution < -0.4 is 16.0 Å². The Balaban J connectivity index is 1.73. The number of aliphatic imine (C=N–C) groups is 1. The van der Waals surface area contributed by atoms with Crippen molar-refractivity contribution in [1.29, 1.82) is 0 Å². The average Bonchev–Trinajstić information content (AvgIpc) is 2.70. The van der Waals surface area contributed by atoms with Gasteiger partial charge < -0.3 is 20.7 Å². The summed E-state index contributed by atoms with van der Waals surface area (Å²) in [6, 6.07) is 0.400. The Bertz CT molecular complexity index is 524. The summed E-state index contributed by atoms with van der Waals surface area (Å²) in [5, 5.41) is 10.1. The molecule has 3 N–H and O–H groups in total. The van der Waals surface area contributed by atoms with Gasteiger partial charge in [0.25, 0.3) is 0 Å². The Morgan fingerprint density at radius 1 is 1.17 bits per heavy atom. The Hall–Kier alpha value is -1.34. The second-order valence-corrected chi connectivity index (χ2v) is 9.56. The molecule has 0 radical (unpaired) electrons. The van der Waals surface area contributed by atoms with Crippen LogP contribution in [-0.2, 0) is 9.53 Å². The van der Waals surface area contributed by atoms with E-state index in [1.807, 2.05) is 7.05 Å². The number of rotatable bonds is 7. The predicted molar refractivity (Wildman–Crippen MR) is 119 cm³/mol. The largest absolute Gasteiger partial charge is 0.377 e. The zero-order valence-electron chi connectivity index (χ0n) is 19.2. The van der Waals surface area contributed by atoms with Gasteiger partial charge in [0.1, 0.15) is 0 Å². The second-order valence-electron chi connectivity index (χ2n) is 9.56. The highest BCUT2D eigenvalue weighted by atomic mass is 16.5. The third-order valence-corrected chi connectivity index (χ3v) is 5.92. The van der Waals surface area contributed by atoms with Crippen molar-refractivity contribution in [3.8, 4) is 0 Å². The van der Waals surface area contributed by atoms with Crippen LogP contribution in [0.25, 0.3) is 0 Å². The molecule has 0 aromatic heterocycles. The van der Waals surface area contributed by atoms with Gasteiger partial charge in [-0.2, -0.15) is 0 Å². The van der Waals surface area contributed by atoms with Gasteiger partial charge in [0.2, 0.25) is 5.91 Å². The maximum absolute atomic E-state index is 11.9. The Morgan fingerprint density at radius 2 is 1.90 bits per heavy atom. The average molecular weight is 410 g/mol. The predicted octanol–water partition coefficient (Wildman–Crippen LogP) is 1.98. The number of piperidine rings is 1. The zero-order valence-corrected chi connectivity index (χ0v) is 19.2. The van der Waals surface area contributed by atoms with Crippen LogP contribution in [0.2, 0.25) is 0 Å². The van der Waals surface area contributed by atoms with Crippen molar-refractivity contribution < 1.29 is 9.53 Å². The van der Waals surface area contributed by atoms with Crippen molar-refractivity contribution in [3.63, 3.8) is 0 Å². The van der Waals surface area contributed by atoms with E-state index < -0.39 is 0 Å². The molecule has 2 aliphatic heterocycles. The first-order valence-corrected chi connectivity index (χ1v) is 11.4. The van der Waals surface area contributed by atoms with Gasteiger partial charge in [-0.1, -0.05) is 27.7 Å². The summed E-state index contributed by atoms with van der Waals surface area (Å²) in [6.45, 7) is 13.8. The number of hydrogen-bond acceptors (Lipinski definition) is 4. The molecule has 2 atom stereocenters. The highest BCUT2D eigenvalue weighted by Gasteiger charge is 2.35. The van der Waals surface area contributed by atoms with Crippen LogP contribution in [0.3, 0.4) is 0 Å². The molecule has 7 nitrogen and oxygen atoms in total. The smallest absolute Gasteiger partial charge is 0.234 e. The number of guanidine groups is 1. The van der Waals surface area contributed by atoms with E-state index in [2.05, 4.69) is 53.5 Å². The van der Waals surface area contributed by atoms with Crippen LogP contribution >= 0.6 is 0 Å². The third-order valence-electron chi connectivity index (χ3n) is 5.92. The molecule has 2 aliphatic rings. The first-order chi connectivity index (χ1) is 13.8. The van der Waals surface area contributed by atoms with Crippen LogP contribution in [0.1, 0.15) is 59.8 Å². The number of likely N-dealkylation sites (tertiary alicyclic amines) is 1. The summed E-state index contributed by atoms with van der Waals surface area (Å²) in [7, 11) is 1.83. The molecule has 2 fully saturated rings. The van der Waals surface area contributed by atoms with Gasteiger partial charge in [0.15, 0.2) is 5.96 Å². The molecule has 2 heterocycles. The molecular weight excluding hydrogens is 366 g/mol. The molecule has 168 valence electrons. The van der Waals surface area contributed by atoms with Gasteiger partial charge in [-0.15, -0.1) is 0 Å². The van der Waals surface area contributed by atoms with Crippen molar-refractivity contribution in [2.24, 2.45) is 16.3 Å². The van der Waals surface area contributed by atoms with Crippen molar-refractivity contribution in [3.05, 3.63) is 0 Å². The van der Waals surface area contributed by atoms with E-state index in [1.54, 1.807) is 0 Å². The molecule has 0 bridgehead atoms. The summed E-state index contributed by atoms with van der Waals surface area (Å²) >= 11 is 0. The fourth-order valence-corrected chi connectivity index (χ4v) is 4.38. The normalized spacial score (nSPS) is 24.9. The van der Waals surface area contributed by atoms with Gasteiger partial charge in [0.05, 0.1) is 12.6 Å². The van der Waals surface area contributed by atoms with Crippen molar-refractivity contribution in [2.45, 2.75) is 71.9 Å². The molecule has 0 saturated carbocycles. The van der Waals surface area contributed by atoms with Gasteiger partial charge in [0, 0.05) is 51.8 Å². The lowest BCUT2D eigenvalue weighted by Gasteiger charge is -2.40. The van der Waals surface area contributed by atoms with Crippen LogP contribution in [0.5, 0.6) is 0 Å². The Kier molecular flexibility index (Phi) is 9.69. The second kappa shape index (κ2) is 11.7. The minimum atomic E-state index is 0.138. The maximum atomic E-state index is 11.9. The third kappa shape index (κ3) is 8.13. The molecule has 2 rings (SSSR count). The summed E-state index contributed by atoms with van der Waals surface area (Å²) in [5.74, 6) is 1.52. The lowest BCUT2D eigenvalue weighted by molar-refractivity contribution is -0.122. The topological polar surface area (TPSA) is 78.0 Å². The monoisotopic (exact) mass is 409 g/mol. The summed E-state index contributed by atoms with van der Waals surface area (Å²) in [6.07, 6.45) is 5.65. The van der Waals surface area contributed by atoms with Crippen LogP contribution in [0, 0.1) is 11.3 Å². The highest BCUT2D eigenvalue weighted by molar-refractivity contribution is 5.80. The van der Waals surface area contributed by atoms with Gasteiger partial charge >= 0.3 is 0 Å². The molecule has 0 spiro atoms. The van der Waals surface area contributed by atoms with E-state index >= 15 is 0 Å². The van der Waals surface area contributed by atoms with E-state index in [0.717, 1.165) is 64.4 Å². The molecule has 2 unspecified atom stereocenters. The van der Waals surface area contributed by atoms with Crippen LogP contribution in [-0.4, -0.2) is 75.3 Å². The number of carbonyl (C=O) groups excluding carboxylic acids is 1. The molecule has 0 aromatic carbocycles. The zero-order chi connectivity index (χ0) is 21.3. The van der Waals surface area contributed by atoms with Gasteiger partial charge in [-0.3, -0.25) is 14.7 Å². The minimum Gasteiger partial charge on any atom is -0.377 e. The molecule has 1 amide bonds. The van der Waals surface area contributed by atoms with E-state index in [0.29, 0.717) is 18.5 Å². The Labute approximate surface area is 177 Å². The fourth-order valence-electron chi connectivity index (χ4n) is 4.38. The number of carbonyl (C=O) groups is 1. The van der Waals surface area contributed by atoms with Crippen molar-refractivity contribution >= 4 is 11.9 Å². The molecule has 29 heavy (non-hydrogen) atoms. The molecule has 0 aliphatic carbocycles. The SMILES string of the molecule is CCCNC(=O)CN1CCC(NC(=NC)NCC2CCCOC2C(C)(C)C)CC1. The number of amides is 1. The molecule has 0 aromatic rings.